The van der Waals surface area contributed by atoms with Crippen molar-refractivity contribution in [2.75, 3.05) is 4.72 Å². The minimum absolute atomic E-state index is 0.00930. The van der Waals surface area contributed by atoms with Crippen LogP contribution in [0.2, 0.25) is 0 Å². The van der Waals surface area contributed by atoms with Crippen LogP contribution in [-0.2, 0) is 10.0 Å². The van der Waals surface area contributed by atoms with Crippen LogP contribution in [0.4, 0.5) is 5.82 Å². The Morgan fingerprint density at radius 1 is 1.56 bits per heavy atom. The van der Waals surface area contributed by atoms with E-state index in [0.717, 1.165) is 11.3 Å². The molecule has 7 nitrogen and oxygen atoms in total. The number of carbonyl (C=O) groups is 1. The molecule has 2 aromatic rings. The van der Waals surface area contributed by atoms with E-state index >= 15 is 0 Å². The van der Waals surface area contributed by atoms with E-state index in [-0.39, 0.29) is 15.6 Å². The lowest BCUT2D eigenvalue weighted by Crippen LogP contribution is -2.15. The molecule has 0 aliphatic rings. The van der Waals surface area contributed by atoms with Crippen molar-refractivity contribution in [3.63, 3.8) is 0 Å². The number of nitrogens with one attached hydrogen (secondary N) is 1. The first-order valence-corrected chi connectivity index (χ1v) is 7.03. The van der Waals surface area contributed by atoms with Crippen molar-refractivity contribution in [2.24, 2.45) is 0 Å². The summed E-state index contributed by atoms with van der Waals surface area (Å²) in [4.78, 5) is 10.3. The summed E-state index contributed by atoms with van der Waals surface area (Å²) >= 11 is 0.838. The Balaban J connectivity index is 2.37. The van der Waals surface area contributed by atoms with E-state index in [1.54, 1.807) is 6.92 Å². The molecule has 0 amide bonds. The van der Waals surface area contributed by atoms with Crippen molar-refractivity contribution in [3.8, 4) is 0 Å². The third-order valence-electron chi connectivity index (χ3n) is 1.98. The third-order valence-corrected chi connectivity index (χ3v) is 4.41. The van der Waals surface area contributed by atoms with Crippen LogP contribution in [0.1, 0.15) is 15.4 Å². The van der Waals surface area contributed by atoms with E-state index in [1.165, 1.54) is 17.5 Å². The van der Waals surface area contributed by atoms with Gasteiger partial charge in [0.2, 0.25) is 0 Å². The molecule has 0 saturated carbocycles. The number of carboxylic acid groups (broad SMARTS) is 1. The molecule has 0 aliphatic heterocycles. The number of nitrogens with zero attached hydrogens (tertiary/aromatic N) is 1. The number of sulfonamides is 1. The molecular formula is C9H8N2O5S2. The average Bonchev–Trinajstić information content (AvgIpc) is 2.86. The van der Waals surface area contributed by atoms with E-state index in [0.29, 0.717) is 5.76 Å². The average molecular weight is 288 g/mol. The fourth-order valence-corrected chi connectivity index (χ4v) is 3.52. The lowest BCUT2D eigenvalue weighted by Gasteiger charge is -2.03. The lowest BCUT2D eigenvalue weighted by atomic mass is 10.5. The Bertz CT molecular complexity index is 685. The molecule has 0 unspecified atom stereocenters. The van der Waals surface area contributed by atoms with Crippen LogP contribution in [0.25, 0.3) is 0 Å². The summed E-state index contributed by atoms with van der Waals surface area (Å²) in [5, 5.41) is 13.7. The molecule has 2 aromatic heterocycles. The molecular weight excluding hydrogens is 280 g/mol. The number of carboxylic acids is 1. The first-order chi connectivity index (χ1) is 8.40. The largest absolute Gasteiger partial charge is 0.477 e. The highest BCUT2D eigenvalue weighted by molar-refractivity contribution is 7.93. The molecule has 0 aromatic carbocycles. The van der Waals surface area contributed by atoms with Crippen LogP contribution in [0.3, 0.4) is 0 Å². The molecule has 0 fully saturated rings. The Hall–Kier alpha value is -1.87. The van der Waals surface area contributed by atoms with Gasteiger partial charge < -0.3 is 9.63 Å². The van der Waals surface area contributed by atoms with Gasteiger partial charge in [0.05, 0.1) is 0 Å². The number of anilines is 1. The number of aromatic carboxylic acids is 1. The Morgan fingerprint density at radius 3 is 2.83 bits per heavy atom. The van der Waals surface area contributed by atoms with Crippen LogP contribution in [0.5, 0.6) is 0 Å². The van der Waals surface area contributed by atoms with E-state index < -0.39 is 16.0 Å². The normalized spacial score (nSPS) is 11.4. The Kier molecular flexibility index (Phi) is 3.09. The van der Waals surface area contributed by atoms with Crippen LogP contribution in [0, 0.1) is 6.92 Å². The fourth-order valence-electron chi connectivity index (χ4n) is 1.27. The highest BCUT2D eigenvalue weighted by Gasteiger charge is 2.24. The highest BCUT2D eigenvalue weighted by atomic mass is 32.2. The van der Waals surface area contributed by atoms with Crippen molar-refractivity contribution in [1.82, 2.24) is 5.16 Å². The molecule has 0 spiro atoms. The van der Waals surface area contributed by atoms with Crippen LogP contribution in [0.15, 0.2) is 26.9 Å². The zero-order chi connectivity index (χ0) is 13.3. The molecule has 96 valence electrons. The second kappa shape index (κ2) is 4.42. The molecule has 2 rings (SSSR count). The summed E-state index contributed by atoms with van der Waals surface area (Å²) in [6, 6.07) is 2.62. The minimum atomic E-state index is -3.98. The fraction of sp³-hybridized carbons (Fsp3) is 0.111. The van der Waals surface area contributed by atoms with Crippen molar-refractivity contribution in [1.29, 1.82) is 0 Å². The van der Waals surface area contributed by atoms with Crippen LogP contribution >= 0.6 is 11.3 Å². The second-order valence-electron chi connectivity index (χ2n) is 3.35. The first-order valence-electron chi connectivity index (χ1n) is 4.67. The van der Waals surface area contributed by atoms with E-state index in [4.69, 9.17) is 9.63 Å². The van der Waals surface area contributed by atoms with Crippen LogP contribution in [-0.4, -0.2) is 24.7 Å². The minimum Gasteiger partial charge on any atom is -0.477 e. The van der Waals surface area contributed by atoms with E-state index in [2.05, 4.69) is 9.88 Å². The van der Waals surface area contributed by atoms with Gasteiger partial charge in [-0.25, -0.2) is 13.2 Å². The quantitative estimate of drug-likeness (QED) is 0.883. The lowest BCUT2D eigenvalue weighted by molar-refractivity contribution is 0.0698. The van der Waals surface area contributed by atoms with Gasteiger partial charge in [-0.15, -0.1) is 11.3 Å². The standard InChI is InChI=1S/C9H8N2O5S2/c1-5-4-7(10-16-5)11-18(14,15)6-2-3-17-8(6)9(12)13/h2-4H,1H3,(H,10,11)(H,12,13). The third kappa shape index (κ3) is 2.36. The van der Waals surface area contributed by atoms with Gasteiger partial charge in [0.1, 0.15) is 15.5 Å². The van der Waals surface area contributed by atoms with E-state index in [1.807, 2.05) is 0 Å². The maximum Gasteiger partial charge on any atom is 0.347 e. The number of aromatic nitrogens is 1. The zero-order valence-corrected chi connectivity index (χ0v) is 10.7. The maximum atomic E-state index is 11.9. The van der Waals surface area contributed by atoms with Crippen molar-refractivity contribution >= 4 is 33.1 Å². The van der Waals surface area contributed by atoms with Gasteiger partial charge in [-0.05, 0) is 18.4 Å². The Labute approximate surface area is 106 Å². The summed E-state index contributed by atoms with van der Waals surface area (Å²) < 4.78 is 30.8. The molecule has 0 atom stereocenters. The predicted octanol–water partition coefficient (Wildman–Crippen LogP) is 1.54. The van der Waals surface area contributed by atoms with Gasteiger partial charge in [-0.3, -0.25) is 4.72 Å². The van der Waals surface area contributed by atoms with Gasteiger partial charge in [0.25, 0.3) is 10.0 Å². The molecule has 0 bridgehead atoms. The number of thiophene rings is 1. The Morgan fingerprint density at radius 2 is 2.28 bits per heavy atom. The summed E-state index contributed by atoms with van der Waals surface area (Å²) in [5.74, 6) is -0.840. The second-order valence-corrected chi connectivity index (χ2v) is 5.91. The summed E-state index contributed by atoms with van der Waals surface area (Å²) in [6.07, 6.45) is 0. The van der Waals surface area contributed by atoms with Crippen molar-refractivity contribution in [3.05, 3.63) is 28.2 Å². The smallest absolute Gasteiger partial charge is 0.347 e. The molecule has 2 N–H and O–H groups in total. The highest BCUT2D eigenvalue weighted by Crippen LogP contribution is 2.24. The van der Waals surface area contributed by atoms with Gasteiger partial charge in [-0.1, -0.05) is 5.16 Å². The van der Waals surface area contributed by atoms with Gasteiger partial charge in [0.15, 0.2) is 5.82 Å². The number of hydrogen-bond donors (Lipinski definition) is 2. The van der Waals surface area contributed by atoms with E-state index in [9.17, 15) is 13.2 Å². The zero-order valence-electron chi connectivity index (χ0n) is 9.08. The first kappa shape index (κ1) is 12.6. The summed E-state index contributed by atoms with van der Waals surface area (Å²) in [6.45, 7) is 1.61. The van der Waals surface area contributed by atoms with Crippen LogP contribution < -0.4 is 4.72 Å². The molecule has 2 heterocycles. The number of rotatable bonds is 4. The number of hydrogen-bond acceptors (Lipinski definition) is 6. The monoisotopic (exact) mass is 288 g/mol. The molecule has 18 heavy (non-hydrogen) atoms. The van der Waals surface area contributed by atoms with Gasteiger partial charge in [0, 0.05) is 6.07 Å². The topological polar surface area (TPSA) is 110 Å². The molecule has 0 saturated heterocycles. The maximum absolute atomic E-state index is 11.9. The van der Waals surface area contributed by atoms with Crippen molar-refractivity contribution in [2.45, 2.75) is 11.8 Å². The molecule has 9 heteroatoms. The molecule has 0 aliphatic carbocycles. The van der Waals surface area contributed by atoms with Gasteiger partial charge >= 0.3 is 5.97 Å². The van der Waals surface area contributed by atoms with Crippen molar-refractivity contribution < 1.29 is 22.8 Å². The predicted molar refractivity (Wildman–Crippen MR) is 63.3 cm³/mol. The van der Waals surface area contributed by atoms with Gasteiger partial charge in [-0.2, -0.15) is 0 Å². The SMILES string of the molecule is Cc1cc(NS(=O)(=O)c2ccsc2C(=O)O)no1. The number of aryl methyl sites for hydroxylation is 1. The summed E-state index contributed by atoms with van der Waals surface area (Å²) in [5.41, 5.74) is 0. The summed E-state index contributed by atoms with van der Waals surface area (Å²) in [7, 11) is -3.98. The molecule has 0 radical (unpaired) electrons.